The Morgan fingerprint density at radius 2 is 2.29 bits per heavy atom. The zero-order chi connectivity index (χ0) is 14.2. The Morgan fingerprint density at radius 1 is 1.33 bits per heavy atom. The number of nitrogens with zero attached hydrogens (tertiary/aromatic N) is 2. The lowest BCUT2D eigenvalue weighted by atomic mass is 9.85. The molecule has 2 saturated carbocycles. The first kappa shape index (κ1) is 13.4. The van der Waals surface area contributed by atoms with E-state index in [4.69, 9.17) is 0 Å². The lowest BCUT2D eigenvalue weighted by Gasteiger charge is -2.33. The first-order chi connectivity index (χ1) is 10.3. The molecule has 4 heteroatoms. The zero-order valence-electron chi connectivity index (χ0n) is 12.6. The fraction of sp³-hybridized carbons (Fsp3) is 0.765. The second-order valence-electron chi connectivity index (χ2n) is 7.33. The normalized spacial score (nSPS) is 35.3. The van der Waals surface area contributed by atoms with Gasteiger partial charge in [-0.2, -0.15) is 5.10 Å². The monoisotopic (exact) mass is 287 g/mol. The van der Waals surface area contributed by atoms with E-state index in [0.29, 0.717) is 17.7 Å². The fourth-order valence-electron chi connectivity index (χ4n) is 4.93. The number of aromatic amines is 1. The highest BCUT2D eigenvalue weighted by atomic mass is 16.2. The van der Waals surface area contributed by atoms with Crippen LogP contribution in [0.15, 0.2) is 12.3 Å². The average Bonchev–Trinajstić information content (AvgIpc) is 3.25. The van der Waals surface area contributed by atoms with E-state index in [1.54, 1.807) is 0 Å². The van der Waals surface area contributed by atoms with Gasteiger partial charge in [-0.05, 0) is 55.9 Å². The summed E-state index contributed by atoms with van der Waals surface area (Å²) in [6, 6.07) is 2.05. The smallest absolute Gasteiger partial charge is 0.222 e. The molecule has 21 heavy (non-hydrogen) atoms. The quantitative estimate of drug-likeness (QED) is 0.929. The SMILES string of the molecule is O=C(CC1CC2CCC1C2)N1CCCC(c2ccn[nH]2)C1. The van der Waals surface area contributed by atoms with Crippen molar-refractivity contribution in [3.63, 3.8) is 0 Å². The molecule has 0 radical (unpaired) electrons. The predicted octanol–water partition coefficient (Wildman–Crippen LogP) is 2.94. The fourth-order valence-corrected chi connectivity index (χ4v) is 4.93. The number of aromatic nitrogens is 2. The number of nitrogens with one attached hydrogen (secondary N) is 1. The van der Waals surface area contributed by atoms with Gasteiger partial charge in [-0.3, -0.25) is 9.89 Å². The molecule has 2 aliphatic carbocycles. The molecule has 2 bridgehead atoms. The highest BCUT2D eigenvalue weighted by Crippen LogP contribution is 2.49. The van der Waals surface area contributed by atoms with Crippen LogP contribution in [0.4, 0.5) is 0 Å². The van der Waals surface area contributed by atoms with Gasteiger partial charge in [-0.15, -0.1) is 0 Å². The molecule has 2 heterocycles. The Balaban J connectivity index is 1.36. The maximum atomic E-state index is 12.6. The minimum Gasteiger partial charge on any atom is -0.342 e. The lowest BCUT2D eigenvalue weighted by molar-refractivity contribution is -0.133. The van der Waals surface area contributed by atoms with Gasteiger partial charge in [0.15, 0.2) is 0 Å². The van der Waals surface area contributed by atoms with E-state index >= 15 is 0 Å². The molecule has 1 aliphatic heterocycles. The third kappa shape index (κ3) is 2.60. The number of H-pyrrole nitrogens is 1. The number of likely N-dealkylation sites (tertiary alicyclic amines) is 1. The van der Waals surface area contributed by atoms with Crippen LogP contribution in [0.1, 0.15) is 56.6 Å². The van der Waals surface area contributed by atoms with E-state index in [-0.39, 0.29) is 0 Å². The highest BCUT2D eigenvalue weighted by molar-refractivity contribution is 5.76. The topological polar surface area (TPSA) is 49.0 Å². The predicted molar refractivity (Wildman–Crippen MR) is 80.7 cm³/mol. The molecule has 1 aromatic heterocycles. The van der Waals surface area contributed by atoms with Crippen molar-refractivity contribution in [3.8, 4) is 0 Å². The van der Waals surface area contributed by atoms with Gasteiger partial charge in [0.05, 0.1) is 0 Å². The summed E-state index contributed by atoms with van der Waals surface area (Å²) in [6.45, 7) is 1.83. The number of hydrogen-bond donors (Lipinski definition) is 1. The van der Waals surface area contributed by atoms with Crippen LogP contribution in [-0.4, -0.2) is 34.1 Å². The highest BCUT2D eigenvalue weighted by Gasteiger charge is 2.41. The van der Waals surface area contributed by atoms with Gasteiger partial charge in [-0.1, -0.05) is 6.42 Å². The molecule has 1 amide bonds. The summed E-state index contributed by atoms with van der Waals surface area (Å²) in [5.74, 6) is 3.32. The van der Waals surface area contributed by atoms with Crippen LogP contribution in [0, 0.1) is 17.8 Å². The number of carbonyl (C=O) groups excluding carboxylic acids is 1. The number of piperidine rings is 1. The standard InChI is InChI=1S/C17H25N3O/c21-17(10-15-9-12-3-4-13(15)8-12)20-7-1-2-14(11-20)16-5-6-18-19-16/h5-6,12-15H,1-4,7-11H2,(H,18,19). The maximum Gasteiger partial charge on any atom is 0.222 e. The summed E-state index contributed by atoms with van der Waals surface area (Å²) in [7, 11) is 0. The first-order valence-corrected chi connectivity index (χ1v) is 8.56. The van der Waals surface area contributed by atoms with Crippen molar-refractivity contribution in [1.29, 1.82) is 0 Å². The van der Waals surface area contributed by atoms with Gasteiger partial charge in [0.1, 0.15) is 0 Å². The van der Waals surface area contributed by atoms with Gasteiger partial charge < -0.3 is 4.90 Å². The average molecular weight is 287 g/mol. The molecular weight excluding hydrogens is 262 g/mol. The van der Waals surface area contributed by atoms with E-state index < -0.39 is 0 Å². The summed E-state index contributed by atoms with van der Waals surface area (Å²) in [5, 5.41) is 7.12. The molecule has 4 unspecified atom stereocenters. The molecule has 0 aromatic carbocycles. The van der Waals surface area contributed by atoms with Crippen molar-refractivity contribution in [3.05, 3.63) is 18.0 Å². The van der Waals surface area contributed by atoms with E-state index in [2.05, 4.69) is 21.2 Å². The number of rotatable bonds is 3. The van der Waals surface area contributed by atoms with Crippen LogP contribution in [0.25, 0.3) is 0 Å². The molecule has 114 valence electrons. The third-order valence-corrected chi connectivity index (χ3v) is 6.06. The number of carbonyl (C=O) groups is 1. The molecular formula is C17H25N3O. The summed E-state index contributed by atoms with van der Waals surface area (Å²) >= 11 is 0. The minimum absolute atomic E-state index is 0.400. The van der Waals surface area contributed by atoms with Crippen LogP contribution in [0.5, 0.6) is 0 Å². The third-order valence-electron chi connectivity index (χ3n) is 6.06. The Morgan fingerprint density at radius 3 is 3.00 bits per heavy atom. The van der Waals surface area contributed by atoms with E-state index in [1.807, 2.05) is 6.20 Å². The lowest BCUT2D eigenvalue weighted by Crippen LogP contribution is -2.40. The van der Waals surface area contributed by atoms with E-state index in [9.17, 15) is 4.79 Å². The van der Waals surface area contributed by atoms with Crippen molar-refractivity contribution in [2.45, 2.75) is 50.9 Å². The molecule has 3 fully saturated rings. The summed E-state index contributed by atoms with van der Waals surface area (Å²) in [5.41, 5.74) is 1.19. The van der Waals surface area contributed by atoms with Crippen LogP contribution in [0.2, 0.25) is 0 Å². The summed E-state index contributed by atoms with van der Waals surface area (Å²) < 4.78 is 0. The van der Waals surface area contributed by atoms with Gasteiger partial charge in [-0.25, -0.2) is 0 Å². The minimum atomic E-state index is 0.400. The molecule has 4 nitrogen and oxygen atoms in total. The zero-order valence-corrected chi connectivity index (χ0v) is 12.6. The Hall–Kier alpha value is -1.32. The van der Waals surface area contributed by atoms with Gasteiger partial charge >= 0.3 is 0 Å². The van der Waals surface area contributed by atoms with Crippen LogP contribution < -0.4 is 0 Å². The Labute approximate surface area is 126 Å². The van der Waals surface area contributed by atoms with Gasteiger partial charge in [0.2, 0.25) is 5.91 Å². The second kappa shape index (κ2) is 5.47. The Bertz CT molecular complexity index is 498. The number of fused-ring (bicyclic) bond motifs is 2. The van der Waals surface area contributed by atoms with Crippen molar-refractivity contribution >= 4 is 5.91 Å². The van der Waals surface area contributed by atoms with Crippen molar-refractivity contribution in [2.24, 2.45) is 17.8 Å². The maximum absolute atomic E-state index is 12.6. The van der Waals surface area contributed by atoms with Gasteiger partial charge in [0, 0.05) is 37.3 Å². The molecule has 1 aromatic rings. The molecule has 0 spiro atoms. The van der Waals surface area contributed by atoms with Crippen molar-refractivity contribution < 1.29 is 4.79 Å². The first-order valence-electron chi connectivity index (χ1n) is 8.56. The van der Waals surface area contributed by atoms with Crippen LogP contribution in [-0.2, 0) is 4.79 Å². The molecule has 4 atom stereocenters. The van der Waals surface area contributed by atoms with E-state index in [0.717, 1.165) is 37.8 Å². The van der Waals surface area contributed by atoms with Gasteiger partial charge in [0.25, 0.3) is 0 Å². The van der Waals surface area contributed by atoms with Crippen LogP contribution >= 0.6 is 0 Å². The molecule has 1 N–H and O–H groups in total. The number of amides is 1. The van der Waals surface area contributed by atoms with Crippen molar-refractivity contribution in [2.75, 3.05) is 13.1 Å². The largest absolute Gasteiger partial charge is 0.342 e. The van der Waals surface area contributed by atoms with E-state index in [1.165, 1.54) is 37.8 Å². The Kier molecular flexibility index (Phi) is 3.48. The molecule has 4 rings (SSSR count). The summed E-state index contributed by atoms with van der Waals surface area (Å²) in [6.07, 6.45) is 10.4. The second-order valence-corrected chi connectivity index (χ2v) is 7.33. The summed E-state index contributed by atoms with van der Waals surface area (Å²) in [4.78, 5) is 14.8. The molecule has 3 aliphatic rings. The van der Waals surface area contributed by atoms with Crippen LogP contribution in [0.3, 0.4) is 0 Å². The molecule has 1 saturated heterocycles. The van der Waals surface area contributed by atoms with Crippen molar-refractivity contribution in [1.82, 2.24) is 15.1 Å². The number of hydrogen-bond acceptors (Lipinski definition) is 2.